The molecule has 2 aliphatic rings. The number of ketones is 1. The normalized spacial score (nSPS) is 29.9. The standard InChI is InChI=1S/C19H32O4Si2/c1-21-18-14-16(23-25(5,6)7)13-15-9-8-10-17(20)19(15,18)11-12-22-24(2,3)4/h14-15,18H,8-10,13H2,1-7H3/t15-,18-,19+/m0/s1. The smallest absolute Gasteiger partial charge is 0.255 e. The number of Topliss-reactive ketones (excluding diaryl/α,β-unsaturated/α-hetero) is 1. The molecule has 25 heavy (non-hydrogen) atoms. The lowest BCUT2D eigenvalue weighted by molar-refractivity contribution is -0.139. The molecule has 0 aromatic carbocycles. The molecular weight excluding hydrogens is 348 g/mol. The molecule has 0 aromatic heterocycles. The fourth-order valence-electron chi connectivity index (χ4n) is 3.67. The zero-order valence-electron chi connectivity index (χ0n) is 16.7. The molecule has 0 aromatic rings. The second kappa shape index (κ2) is 7.30. The zero-order valence-corrected chi connectivity index (χ0v) is 18.7. The molecule has 0 heterocycles. The fraction of sp³-hybridized carbons (Fsp3) is 0.737. The molecule has 6 heteroatoms. The third-order valence-corrected chi connectivity index (χ3v) is 6.19. The highest BCUT2D eigenvalue weighted by atomic mass is 28.4. The number of carbonyl (C=O) groups excluding carboxylic acids is 1. The summed E-state index contributed by atoms with van der Waals surface area (Å²) in [5, 5.41) is 0. The van der Waals surface area contributed by atoms with Crippen molar-refractivity contribution in [3.63, 3.8) is 0 Å². The Morgan fingerprint density at radius 3 is 2.40 bits per heavy atom. The molecule has 0 aliphatic heterocycles. The summed E-state index contributed by atoms with van der Waals surface area (Å²) >= 11 is 0. The molecule has 0 N–H and O–H groups in total. The Hall–Kier alpha value is -1.04. The van der Waals surface area contributed by atoms with Crippen molar-refractivity contribution in [3.8, 4) is 12.0 Å². The number of hydrogen-bond acceptors (Lipinski definition) is 4. The van der Waals surface area contributed by atoms with E-state index in [0.717, 1.165) is 25.0 Å². The SMILES string of the molecule is CO[C@H]1C=C(O[Si](C)(C)C)C[C@@H]2CCCC(=O)[C@@]21C#CO[Si](C)(C)C. The van der Waals surface area contributed by atoms with E-state index in [0.29, 0.717) is 6.42 Å². The van der Waals surface area contributed by atoms with E-state index in [1.54, 1.807) is 7.11 Å². The monoisotopic (exact) mass is 380 g/mol. The van der Waals surface area contributed by atoms with Crippen LogP contribution in [0.2, 0.25) is 39.3 Å². The van der Waals surface area contributed by atoms with Crippen molar-refractivity contribution < 1.29 is 18.4 Å². The number of rotatable bonds is 4. The van der Waals surface area contributed by atoms with Gasteiger partial charge in [0, 0.05) is 20.0 Å². The summed E-state index contributed by atoms with van der Waals surface area (Å²) in [5.74, 6) is 4.51. The topological polar surface area (TPSA) is 44.8 Å². The Balaban J connectivity index is 2.42. The summed E-state index contributed by atoms with van der Waals surface area (Å²) in [4.78, 5) is 13.0. The van der Waals surface area contributed by atoms with Crippen LogP contribution in [0.1, 0.15) is 25.7 Å². The van der Waals surface area contributed by atoms with Crippen LogP contribution in [0, 0.1) is 23.4 Å². The van der Waals surface area contributed by atoms with Crippen molar-refractivity contribution in [1.29, 1.82) is 0 Å². The number of carbonyl (C=O) groups is 1. The second-order valence-electron chi connectivity index (χ2n) is 9.03. The van der Waals surface area contributed by atoms with Crippen LogP contribution in [-0.4, -0.2) is 35.6 Å². The van der Waals surface area contributed by atoms with Crippen molar-refractivity contribution in [2.24, 2.45) is 11.3 Å². The Kier molecular flexibility index (Phi) is 5.92. The molecule has 2 rings (SSSR count). The predicted molar refractivity (Wildman–Crippen MR) is 105 cm³/mol. The van der Waals surface area contributed by atoms with Crippen molar-refractivity contribution in [2.75, 3.05) is 7.11 Å². The summed E-state index contributed by atoms with van der Waals surface area (Å²) in [6.45, 7) is 12.8. The van der Waals surface area contributed by atoms with Crippen LogP contribution in [0.25, 0.3) is 0 Å². The molecule has 0 unspecified atom stereocenters. The van der Waals surface area contributed by atoms with Gasteiger partial charge in [-0.15, -0.1) is 0 Å². The minimum atomic E-state index is -1.76. The number of methoxy groups -OCH3 is 1. The highest BCUT2D eigenvalue weighted by Crippen LogP contribution is 2.49. The second-order valence-corrected chi connectivity index (χ2v) is 17.9. The predicted octanol–water partition coefficient (Wildman–Crippen LogP) is 4.31. The van der Waals surface area contributed by atoms with Crippen LogP contribution in [0.15, 0.2) is 11.8 Å². The van der Waals surface area contributed by atoms with Crippen LogP contribution < -0.4 is 0 Å². The van der Waals surface area contributed by atoms with E-state index in [1.807, 2.05) is 6.08 Å². The van der Waals surface area contributed by atoms with E-state index < -0.39 is 22.0 Å². The molecule has 2 aliphatic carbocycles. The Labute approximate surface area is 154 Å². The Morgan fingerprint density at radius 1 is 1.16 bits per heavy atom. The zero-order chi connectivity index (χ0) is 18.9. The van der Waals surface area contributed by atoms with Gasteiger partial charge in [0.2, 0.25) is 8.32 Å². The van der Waals surface area contributed by atoms with Gasteiger partial charge in [0.25, 0.3) is 8.32 Å². The minimum absolute atomic E-state index is 0.132. The van der Waals surface area contributed by atoms with E-state index in [9.17, 15) is 4.79 Å². The summed E-state index contributed by atoms with van der Waals surface area (Å²) in [5.41, 5.74) is -0.793. The van der Waals surface area contributed by atoms with Crippen LogP contribution in [0.5, 0.6) is 0 Å². The number of fused-ring (bicyclic) bond motifs is 1. The van der Waals surface area contributed by atoms with E-state index >= 15 is 0 Å². The third kappa shape index (κ3) is 4.78. The molecule has 4 nitrogen and oxygen atoms in total. The van der Waals surface area contributed by atoms with E-state index in [2.05, 4.69) is 51.3 Å². The average molecular weight is 381 g/mol. The van der Waals surface area contributed by atoms with Gasteiger partial charge in [-0.1, -0.05) is 0 Å². The fourth-order valence-corrected chi connectivity index (χ4v) is 4.96. The van der Waals surface area contributed by atoms with E-state index in [1.165, 1.54) is 0 Å². The maximum atomic E-state index is 13.0. The highest BCUT2D eigenvalue weighted by molar-refractivity contribution is 6.70. The van der Waals surface area contributed by atoms with Crippen molar-refractivity contribution in [3.05, 3.63) is 11.8 Å². The molecule has 0 spiro atoms. The molecule has 0 saturated heterocycles. The van der Waals surface area contributed by atoms with E-state index in [-0.39, 0.29) is 17.8 Å². The van der Waals surface area contributed by atoms with Crippen LogP contribution in [0.4, 0.5) is 0 Å². The lowest BCUT2D eigenvalue weighted by Crippen LogP contribution is -2.52. The van der Waals surface area contributed by atoms with Gasteiger partial charge >= 0.3 is 0 Å². The van der Waals surface area contributed by atoms with Gasteiger partial charge in [-0.2, -0.15) is 0 Å². The van der Waals surface area contributed by atoms with Gasteiger partial charge in [0.1, 0.15) is 11.5 Å². The maximum Gasteiger partial charge on any atom is 0.255 e. The van der Waals surface area contributed by atoms with Crippen LogP contribution >= 0.6 is 0 Å². The molecule has 0 bridgehead atoms. The third-order valence-electron chi connectivity index (χ3n) is 4.60. The summed E-state index contributed by atoms with van der Waals surface area (Å²) < 4.78 is 17.7. The first-order chi connectivity index (χ1) is 11.5. The molecule has 1 saturated carbocycles. The number of ether oxygens (including phenoxy) is 1. The van der Waals surface area contributed by atoms with Gasteiger partial charge in [-0.25, -0.2) is 0 Å². The quantitative estimate of drug-likeness (QED) is 0.538. The minimum Gasteiger partial charge on any atom is -0.547 e. The molecule has 140 valence electrons. The van der Waals surface area contributed by atoms with Crippen molar-refractivity contribution in [1.82, 2.24) is 0 Å². The maximum absolute atomic E-state index is 13.0. The van der Waals surface area contributed by atoms with Gasteiger partial charge in [-0.3, -0.25) is 4.79 Å². The summed E-state index contributed by atoms with van der Waals surface area (Å²) in [6.07, 6.45) is 7.72. The average Bonchev–Trinajstić information content (AvgIpc) is 2.45. The highest BCUT2D eigenvalue weighted by Gasteiger charge is 2.54. The Bertz CT molecular complexity index is 604. The molecule has 3 atom stereocenters. The molecule has 0 amide bonds. The van der Waals surface area contributed by atoms with Gasteiger partial charge in [0.05, 0.1) is 11.9 Å². The summed E-state index contributed by atoms with van der Waals surface area (Å²) in [7, 11) is -1.81. The van der Waals surface area contributed by atoms with Crippen LogP contribution in [-0.2, 0) is 18.4 Å². The van der Waals surface area contributed by atoms with Gasteiger partial charge < -0.3 is 13.6 Å². The van der Waals surface area contributed by atoms with Crippen molar-refractivity contribution >= 4 is 22.4 Å². The Morgan fingerprint density at radius 2 is 1.84 bits per heavy atom. The molecule has 0 radical (unpaired) electrons. The number of hydrogen-bond donors (Lipinski definition) is 0. The van der Waals surface area contributed by atoms with Crippen LogP contribution in [0.3, 0.4) is 0 Å². The lowest BCUT2D eigenvalue weighted by atomic mass is 9.59. The van der Waals surface area contributed by atoms with Crippen molar-refractivity contribution in [2.45, 2.75) is 71.1 Å². The summed E-state index contributed by atoms with van der Waals surface area (Å²) in [6, 6.07) is 0. The first-order valence-electron chi connectivity index (χ1n) is 9.14. The molecular formula is C19H32O4Si2. The lowest BCUT2D eigenvalue weighted by Gasteiger charge is -2.46. The van der Waals surface area contributed by atoms with Gasteiger partial charge in [0.15, 0.2) is 5.78 Å². The molecule has 1 fully saturated rings. The van der Waals surface area contributed by atoms with E-state index in [4.69, 9.17) is 13.6 Å². The number of allylic oxidation sites excluding steroid dienone is 1. The first kappa shape index (κ1) is 20.3. The van der Waals surface area contributed by atoms with Gasteiger partial charge in [-0.05, 0) is 70.0 Å². The largest absolute Gasteiger partial charge is 0.547 e. The first-order valence-corrected chi connectivity index (χ1v) is 16.0.